The molecule has 3 rings (SSSR count). The number of carbonyl (C=O) groups excluding carboxylic acids is 12. The maximum atomic E-state index is 15.2. The van der Waals surface area contributed by atoms with Crippen molar-refractivity contribution in [3.8, 4) is 0 Å². The van der Waals surface area contributed by atoms with Crippen molar-refractivity contribution in [1.29, 1.82) is 0 Å². The number of nitrogens with zero attached hydrogens (tertiary/aromatic N) is 4. The highest BCUT2D eigenvalue weighted by atomic mass is 33.1. The molecule has 111 heavy (non-hydrogen) atoms. The number of aliphatic carboxylic acids is 1. The first kappa shape index (κ1) is 96.9. The van der Waals surface area contributed by atoms with Gasteiger partial charge in [0.15, 0.2) is 6.10 Å². The summed E-state index contributed by atoms with van der Waals surface area (Å²) in [7, 11) is 11.2. The quantitative estimate of drug-likeness (QED) is 0.0121. The number of amides is 11. The van der Waals surface area contributed by atoms with Crippen molar-refractivity contribution in [2.75, 3.05) is 52.8 Å². The van der Waals surface area contributed by atoms with Gasteiger partial charge in [0, 0.05) is 62.8 Å². The summed E-state index contributed by atoms with van der Waals surface area (Å²) in [5, 5.41) is 28.5. The molecule has 616 valence electrons. The number of esters is 1. The van der Waals surface area contributed by atoms with Gasteiger partial charge in [-0.1, -0.05) is 216 Å². The fraction of sp³-hybridized carbons (Fsp3) is 0.582. The number of unbranched alkanes of at least 4 members (excludes halogenated alkanes) is 1. The smallest absolute Gasteiger partial charge is 0.408 e. The van der Waals surface area contributed by atoms with Gasteiger partial charge >= 0.3 is 18.0 Å². The Morgan fingerprint density at radius 3 is 1.49 bits per heavy atom. The molecule has 28 nitrogen and oxygen atoms in total. The lowest BCUT2D eigenvalue weighted by atomic mass is 9.99. The number of hydrogen-bond acceptors (Lipinski definition) is 20. The number of hydrogen-bond donors (Lipinski definition) is 9. The first-order valence-corrected chi connectivity index (χ1v) is 41.9. The van der Waals surface area contributed by atoms with Crippen LogP contribution in [-0.2, 0) is 86.3 Å². The zero-order valence-electron chi connectivity index (χ0n) is 67.6. The van der Waals surface area contributed by atoms with E-state index in [-0.39, 0.29) is 97.4 Å². The van der Waals surface area contributed by atoms with Crippen LogP contribution < -0.4 is 43.0 Å². The molecule has 0 fully saturated rings. The summed E-state index contributed by atoms with van der Waals surface area (Å²) in [5.41, 5.74) is 8.42. The summed E-state index contributed by atoms with van der Waals surface area (Å²) < 4.78 is 10.6. The highest BCUT2D eigenvalue weighted by Gasteiger charge is 2.41. The molecule has 10 N–H and O–H groups in total. The number of carboxylic acids is 1. The van der Waals surface area contributed by atoms with Crippen molar-refractivity contribution < 1.29 is 76.9 Å². The highest BCUT2D eigenvalue weighted by Crippen LogP contribution is 2.37. The fourth-order valence-electron chi connectivity index (χ4n) is 11.0. The lowest BCUT2D eigenvalue weighted by molar-refractivity contribution is -0.156. The van der Waals surface area contributed by atoms with E-state index < -0.39 is 150 Å². The second kappa shape index (κ2) is 47.9. The minimum absolute atomic E-state index is 0.00768. The second-order valence-electron chi connectivity index (χ2n) is 30.4. The molecule has 0 aliphatic carbocycles. The monoisotopic (exact) mass is 1620 g/mol. The van der Waals surface area contributed by atoms with Gasteiger partial charge < -0.3 is 77.1 Å². The largest absolute Gasteiger partial charge is 0.480 e. The molecule has 0 saturated heterocycles. The average molecular weight is 1620 g/mol. The highest BCUT2D eigenvalue weighted by molar-refractivity contribution is 8.77. The predicted molar refractivity (Wildman–Crippen MR) is 438 cm³/mol. The molecule has 11 amide bonds. The normalized spacial score (nSPS) is 14.7. The van der Waals surface area contributed by atoms with E-state index in [1.807, 2.05) is 75.3 Å². The molecule has 0 heterocycles. The second-order valence-corrected chi connectivity index (χ2v) is 36.7. The third-order valence-corrected chi connectivity index (χ3v) is 24.2. The number of alkyl carbamates (subject to hydrolysis) is 1. The summed E-state index contributed by atoms with van der Waals surface area (Å²) >= 11 is 0. The van der Waals surface area contributed by atoms with Crippen molar-refractivity contribution in [3.63, 3.8) is 0 Å². The number of ether oxygens (including phenoxy) is 2. The van der Waals surface area contributed by atoms with Crippen LogP contribution in [0.1, 0.15) is 146 Å². The molecule has 0 aliphatic rings. The molecule has 0 saturated carbocycles. The molecule has 0 aliphatic heterocycles. The number of carbonyl (C=O) groups is 13. The van der Waals surface area contributed by atoms with Crippen molar-refractivity contribution in [1.82, 2.24) is 56.8 Å². The van der Waals surface area contributed by atoms with E-state index >= 15 is 14.4 Å². The summed E-state index contributed by atoms with van der Waals surface area (Å²) in [5.74, 6) is -9.64. The van der Waals surface area contributed by atoms with E-state index in [9.17, 15) is 53.1 Å². The van der Waals surface area contributed by atoms with Gasteiger partial charge in [-0.15, -0.1) is 0 Å². The number of likely N-dealkylation sites (N-methyl/N-ethyl adjacent to an activating group) is 4. The van der Waals surface area contributed by atoms with Gasteiger partial charge in [-0.25, -0.2) is 4.79 Å². The lowest BCUT2D eigenvalue weighted by Crippen LogP contribution is -2.60. The van der Waals surface area contributed by atoms with Crippen molar-refractivity contribution in [3.05, 3.63) is 120 Å². The Morgan fingerprint density at radius 1 is 0.486 bits per heavy atom. The Bertz CT molecular complexity index is 3550. The Hall–Kier alpha value is -8.33. The van der Waals surface area contributed by atoms with Gasteiger partial charge in [-0.3, -0.25) is 57.5 Å². The van der Waals surface area contributed by atoms with Gasteiger partial charge in [0.25, 0.3) is 5.91 Å². The summed E-state index contributed by atoms with van der Waals surface area (Å²) in [6.45, 7) is 28.4. The van der Waals surface area contributed by atoms with E-state index in [1.54, 1.807) is 84.9 Å². The van der Waals surface area contributed by atoms with Crippen molar-refractivity contribution >= 4 is 120 Å². The van der Waals surface area contributed by atoms with E-state index in [4.69, 9.17) is 15.2 Å². The summed E-state index contributed by atoms with van der Waals surface area (Å²) in [6, 6.07) is 12.8. The first-order chi connectivity index (χ1) is 52.0. The fourth-order valence-corrected chi connectivity index (χ4v) is 15.9. The van der Waals surface area contributed by atoms with Crippen LogP contribution in [0, 0.1) is 11.8 Å². The third-order valence-electron chi connectivity index (χ3n) is 17.5. The topological polar surface area (TPSA) is 384 Å². The Labute approximate surface area is 671 Å². The average Bonchev–Trinajstić information content (AvgIpc) is 0.823. The number of benzene rings is 3. The van der Waals surface area contributed by atoms with Crippen LogP contribution in [0.15, 0.2) is 104 Å². The number of nitrogens with one attached hydrogen (secondary N) is 7. The molecule has 3 aromatic rings. The van der Waals surface area contributed by atoms with Crippen LogP contribution in [0.5, 0.6) is 0 Å². The zero-order chi connectivity index (χ0) is 83.6. The number of carboxylic acid groups (broad SMARTS) is 1. The van der Waals surface area contributed by atoms with Crippen LogP contribution in [0.3, 0.4) is 0 Å². The van der Waals surface area contributed by atoms with Crippen molar-refractivity contribution in [2.45, 2.75) is 230 Å². The first-order valence-electron chi connectivity index (χ1n) is 37.3. The molecule has 3 aromatic carbocycles. The molecular weight excluding hydrogens is 1500 g/mol. The van der Waals surface area contributed by atoms with E-state index in [0.29, 0.717) is 11.1 Å². The summed E-state index contributed by atoms with van der Waals surface area (Å²) in [6.07, 6.45) is -0.439. The lowest BCUT2D eigenvalue weighted by Gasteiger charge is -2.36. The molecule has 0 bridgehead atoms. The Kier molecular flexibility index (Phi) is 41.8. The standard InChI is InChI=1S/C79H120N12O16S4/c1-20-40-106-77(105)87-61(46-108-110-78(10,11)12)66(93)81-39-31-30-38-58(84-68(95)59(44-55-34-26-22-27-35-55)85-70(97)64(47-109-111-79(13,14)15)107-76(104)57(80)43-54-32-24-21-25-33-54)67(94)86-60(41-48(2)3)73(100)89(17)53(9)72(99)90(18)62(42-49(4)5)69(96)82-50(6)71(98)91(19)63(45-56-36-28-23-29-37-56)74(101)88(16)52(8)65(92)83-51(7)75(102)103/h20-29,32-37,48-53,57-64H,1,30-31,38-47,80H2,2-19H3,(H,81,93)(H,82,96)(H,83,92)(H,84,95)(H,85,97)(H,86,94)(H,87,105)(H,102,103)/t50-,51-,52-,53-,57-,58-,59-,60-,61-,62-,63?,64?/m0/s1. The van der Waals surface area contributed by atoms with Gasteiger partial charge in [-0.05, 0) is 94.7 Å². The molecule has 0 aromatic heterocycles. The Balaban J connectivity index is 2.04. The number of rotatable bonds is 46. The van der Waals surface area contributed by atoms with Gasteiger partial charge in [0.05, 0.1) is 5.75 Å². The van der Waals surface area contributed by atoms with Gasteiger partial charge in [0.2, 0.25) is 53.2 Å². The molecule has 12 atom stereocenters. The summed E-state index contributed by atoms with van der Waals surface area (Å²) in [4.78, 5) is 188. The van der Waals surface area contributed by atoms with Gasteiger partial charge in [-0.2, -0.15) is 0 Å². The number of nitrogens with two attached hydrogens (primary N) is 1. The predicted octanol–water partition coefficient (Wildman–Crippen LogP) is 6.87. The zero-order valence-corrected chi connectivity index (χ0v) is 70.8. The van der Waals surface area contributed by atoms with Crippen LogP contribution in [-0.4, -0.2) is 237 Å². The molecule has 2 unspecified atom stereocenters. The van der Waals surface area contributed by atoms with E-state index in [0.717, 1.165) is 15.4 Å². The van der Waals surface area contributed by atoms with E-state index in [2.05, 4.69) is 43.8 Å². The van der Waals surface area contributed by atoms with Crippen LogP contribution >= 0.6 is 43.2 Å². The molecule has 32 heteroatoms. The van der Waals surface area contributed by atoms with Crippen LogP contribution in [0.2, 0.25) is 0 Å². The minimum atomic E-state index is -1.45. The van der Waals surface area contributed by atoms with Gasteiger partial charge in [0.1, 0.15) is 73.1 Å². The Morgan fingerprint density at radius 2 is 0.964 bits per heavy atom. The van der Waals surface area contributed by atoms with Crippen LogP contribution in [0.25, 0.3) is 0 Å². The maximum Gasteiger partial charge on any atom is 0.408 e. The van der Waals surface area contributed by atoms with Crippen LogP contribution in [0.4, 0.5) is 4.79 Å². The molecule has 0 spiro atoms. The minimum Gasteiger partial charge on any atom is -0.480 e. The maximum absolute atomic E-state index is 15.2. The molecular formula is C79H120N12O16S4. The third kappa shape index (κ3) is 35.1. The SMILES string of the molecule is C=CCOC(=O)N[C@@H](CSSC(C)(C)C)C(=O)NCCCC[C@H](NC(=O)[C@H](Cc1ccccc1)NC(=O)C(CSSC(C)(C)C)OC(=O)[C@@H](N)Cc1ccccc1)C(=O)N[C@@H](CC(C)C)C(=O)N(C)[C@@H](C)C(=O)N(C)[C@@H](CC(C)C)C(=O)N[C@@H](C)C(=O)N(C)C(Cc1ccccc1)C(=O)N(C)[C@@H](C)C(=O)N[C@@H](C)C(=O)O. The van der Waals surface area contributed by atoms with E-state index in [1.165, 1.54) is 115 Å². The van der Waals surface area contributed by atoms with Crippen molar-refractivity contribution in [2.24, 2.45) is 17.6 Å². The molecule has 0 radical (unpaired) electrons.